The van der Waals surface area contributed by atoms with E-state index in [9.17, 15) is 0 Å². The SMILES string of the molecule is Cc1c(C)n(CCCN(C)C)c2ncn3nc(CON=Cc4ccc(Cl)cc4)nc3c12. The molecule has 0 N–H and O–H groups in total. The zero-order valence-corrected chi connectivity index (χ0v) is 19.0. The van der Waals surface area contributed by atoms with Crippen molar-refractivity contribution >= 4 is 34.5 Å². The van der Waals surface area contributed by atoms with Crippen LogP contribution in [0, 0.1) is 13.8 Å². The maximum absolute atomic E-state index is 5.89. The average molecular weight is 440 g/mol. The van der Waals surface area contributed by atoms with Crippen LogP contribution in [0.3, 0.4) is 0 Å². The van der Waals surface area contributed by atoms with Crippen LogP contribution in [0.1, 0.15) is 29.1 Å². The van der Waals surface area contributed by atoms with Crippen molar-refractivity contribution in [2.24, 2.45) is 5.16 Å². The summed E-state index contributed by atoms with van der Waals surface area (Å²) in [7, 11) is 4.18. The summed E-state index contributed by atoms with van der Waals surface area (Å²) in [5.41, 5.74) is 5.03. The molecule has 4 rings (SSSR count). The molecule has 9 heteroatoms. The number of aryl methyl sites for hydroxylation is 2. The van der Waals surface area contributed by atoms with Gasteiger partial charge in [-0.3, -0.25) is 0 Å². The van der Waals surface area contributed by atoms with Crippen LogP contribution in [0.2, 0.25) is 5.02 Å². The van der Waals surface area contributed by atoms with Gasteiger partial charge in [0.2, 0.25) is 0 Å². The Hall–Kier alpha value is -2.97. The molecule has 0 bridgehead atoms. The zero-order valence-electron chi connectivity index (χ0n) is 18.2. The highest BCUT2D eigenvalue weighted by Gasteiger charge is 2.18. The van der Waals surface area contributed by atoms with Gasteiger partial charge in [-0.25, -0.2) is 14.5 Å². The Balaban J connectivity index is 1.54. The second kappa shape index (κ2) is 9.03. The van der Waals surface area contributed by atoms with E-state index in [2.05, 4.69) is 52.6 Å². The molecule has 3 heterocycles. The summed E-state index contributed by atoms with van der Waals surface area (Å²) in [4.78, 5) is 17.0. The first-order chi connectivity index (χ1) is 14.9. The second-order valence-electron chi connectivity index (χ2n) is 7.82. The van der Waals surface area contributed by atoms with Crippen molar-refractivity contribution in [3.63, 3.8) is 0 Å². The van der Waals surface area contributed by atoms with Gasteiger partial charge in [-0.05, 0) is 64.2 Å². The molecule has 0 radical (unpaired) electrons. The molecule has 0 unspecified atom stereocenters. The van der Waals surface area contributed by atoms with E-state index in [1.54, 1.807) is 17.1 Å². The predicted octanol–water partition coefficient (Wildman–Crippen LogP) is 3.85. The molecule has 8 nitrogen and oxygen atoms in total. The zero-order chi connectivity index (χ0) is 22.0. The van der Waals surface area contributed by atoms with Gasteiger partial charge in [0, 0.05) is 17.3 Å². The molecule has 0 atom stereocenters. The summed E-state index contributed by atoms with van der Waals surface area (Å²) in [6.45, 7) is 6.37. The largest absolute Gasteiger partial charge is 0.387 e. The predicted molar refractivity (Wildman–Crippen MR) is 123 cm³/mol. The first kappa shape index (κ1) is 21.3. The standard InChI is InChI=1S/C22H26ClN7O/c1-15-16(2)29(11-5-10-28(3)4)21-20(15)22-26-19(27-30(22)14-24-21)13-31-25-12-17-6-8-18(23)9-7-17/h6-9,12,14H,5,10-11,13H2,1-4H3. The van der Waals surface area contributed by atoms with Crippen LogP contribution in [0.15, 0.2) is 35.7 Å². The fraction of sp³-hybridized carbons (Fsp3) is 0.364. The number of benzene rings is 1. The Bertz CT molecular complexity index is 1220. The smallest absolute Gasteiger partial charge is 0.192 e. The van der Waals surface area contributed by atoms with E-state index in [-0.39, 0.29) is 6.61 Å². The van der Waals surface area contributed by atoms with Crippen molar-refractivity contribution in [1.82, 2.24) is 29.0 Å². The van der Waals surface area contributed by atoms with Gasteiger partial charge in [0.05, 0.1) is 11.6 Å². The third-order valence-electron chi connectivity index (χ3n) is 5.32. The number of aromatic nitrogens is 5. The molecule has 31 heavy (non-hydrogen) atoms. The molecular formula is C22H26ClN7O. The number of halogens is 1. The molecule has 0 aliphatic carbocycles. The Labute approximate surface area is 186 Å². The number of hydrogen-bond acceptors (Lipinski definition) is 6. The van der Waals surface area contributed by atoms with Crippen molar-refractivity contribution in [3.8, 4) is 0 Å². The Morgan fingerprint density at radius 3 is 2.68 bits per heavy atom. The average Bonchev–Trinajstić information content (AvgIpc) is 3.26. The van der Waals surface area contributed by atoms with E-state index < -0.39 is 0 Å². The summed E-state index contributed by atoms with van der Waals surface area (Å²) >= 11 is 5.89. The molecule has 0 aliphatic heterocycles. The van der Waals surface area contributed by atoms with Crippen LogP contribution < -0.4 is 0 Å². The van der Waals surface area contributed by atoms with Crippen LogP contribution in [0.5, 0.6) is 0 Å². The lowest BCUT2D eigenvalue weighted by Crippen LogP contribution is -2.15. The molecule has 0 aliphatic rings. The molecule has 3 aromatic heterocycles. The lowest BCUT2D eigenvalue weighted by molar-refractivity contribution is 0.126. The van der Waals surface area contributed by atoms with Crippen molar-refractivity contribution in [3.05, 3.63) is 58.3 Å². The number of oxime groups is 1. The van der Waals surface area contributed by atoms with Gasteiger partial charge in [-0.15, -0.1) is 5.10 Å². The quantitative estimate of drug-likeness (QED) is 0.308. The number of fused-ring (bicyclic) bond motifs is 3. The number of hydrogen-bond donors (Lipinski definition) is 0. The highest BCUT2D eigenvalue weighted by Crippen LogP contribution is 2.27. The van der Waals surface area contributed by atoms with Gasteiger partial charge in [-0.2, -0.15) is 0 Å². The van der Waals surface area contributed by atoms with E-state index in [0.717, 1.165) is 41.8 Å². The minimum Gasteiger partial charge on any atom is -0.387 e. The summed E-state index contributed by atoms with van der Waals surface area (Å²) in [6.07, 6.45) is 4.40. The summed E-state index contributed by atoms with van der Waals surface area (Å²) in [5.74, 6) is 0.556. The molecule has 4 aromatic rings. The first-order valence-corrected chi connectivity index (χ1v) is 10.6. The molecule has 0 saturated carbocycles. The molecule has 0 spiro atoms. The van der Waals surface area contributed by atoms with Gasteiger partial charge in [0.1, 0.15) is 12.0 Å². The minimum absolute atomic E-state index is 0.175. The topological polar surface area (TPSA) is 72.8 Å². The summed E-state index contributed by atoms with van der Waals surface area (Å²) < 4.78 is 3.98. The van der Waals surface area contributed by atoms with Gasteiger partial charge < -0.3 is 14.3 Å². The highest BCUT2D eigenvalue weighted by molar-refractivity contribution is 6.30. The second-order valence-corrected chi connectivity index (χ2v) is 8.25. The van der Waals surface area contributed by atoms with Crippen LogP contribution in [-0.4, -0.2) is 55.9 Å². The summed E-state index contributed by atoms with van der Waals surface area (Å²) in [6, 6.07) is 7.35. The van der Waals surface area contributed by atoms with Crippen LogP contribution >= 0.6 is 11.6 Å². The minimum atomic E-state index is 0.175. The normalized spacial score (nSPS) is 12.1. The third-order valence-corrected chi connectivity index (χ3v) is 5.57. The van der Waals surface area contributed by atoms with Crippen LogP contribution in [0.4, 0.5) is 0 Å². The van der Waals surface area contributed by atoms with Crippen molar-refractivity contribution < 1.29 is 4.84 Å². The summed E-state index contributed by atoms with van der Waals surface area (Å²) in [5, 5.41) is 10.2. The van der Waals surface area contributed by atoms with E-state index in [4.69, 9.17) is 21.4 Å². The van der Waals surface area contributed by atoms with E-state index in [1.165, 1.54) is 11.3 Å². The first-order valence-electron chi connectivity index (χ1n) is 10.2. The number of nitrogens with zero attached hydrogens (tertiary/aromatic N) is 7. The van der Waals surface area contributed by atoms with Gasteiger partial charge in [0.25, 0.3) is 0 Å². The van der Waals surface area contributed by atoms with E-state index >= 15 is 0 Å². The maximum Gasteiger partial charge on any atom is 0.192 e. The van der Waals surface area contributed by atoms with Gasteiger partial charge >= 0.3 is 0 Å². The van der Waals surface area contributed by atoms with Crippen molar-refractivity contribution in [2.45, 2.75) is 33.4 Å². The fourth-order valence-corrected chi connectivity index (χ4v) is 3.72. The molecule has 0 amide bonds. The van der Waals surface area contributed by atoms with Crippen molar-refractivity contribution in [1.29, 1.82) is 0 Å². The molecule has 0 fully saturated rings. The lowest BCUT2D eigenvalue weighted by Gasteiger charge is -2.11. The van der Waals surface area contributed by atoms with E-state index in [1.807, 2.05) is 24.3 Å². The Kier molecular flexibility index (Phi) is 6.20. The molecule has 0 saturated heterocycles. The lowest BCUT2D eigenvalue weighted by atomic mass is 10.2. The van der Waals surface area contributed by atoms with Crippen LogP contribution in [-0.2, 0) is 18.0 Å². The maximum atomic E-state index is 5.89. The molecule has 162 valence electrons. The molecule has 1 aromatic carbocycles. The molecular weight excluding hydrogens is 414 g/mol. The van der Waals surface area contributed by atoms with Gasteiger partial charge in [-0.1, -0.05) is 28.9 Å². The highest BCUT2D eigenvalue weighted by atomic mass is 35.5. The Morgan fingerprint density at radius 2 is 1.94 bits per heavy atom. The van der Waals surface area contributed by atoms with Crippen molar-refractivity contribution in [2.75, 3.05) is 20.6 Å². The fourth-order valence-electron chi connectivity index (χ4n) is 3.60. The Morgan fingerprint density at radius 1 is 1.16 bits per heavy atom. The van der Waals surface area contributed by atoms with Gasteiger partial charge in [0.15, 0.2) is 18.1 Å². The number of rotatable bonds is 8. The van der Waals surface area contributed by atoms with E-state index in [0.29, 0.717) is 10.8 Å². The third kappa shape index (κ3) is 4.55. The monoisotopic (exact) mass is 439 g/mol. The van der Waals surface area contributed by atoms with Crippen LogP contribution in [0.25, 0.3) is 16.7 Å².